The second kappa shape index (κ2) is 29.1. The van der Waals surface area contributed by atoms with Gasteiger partial charge in [-0.1, -0.05) is 57.2 Å². The van der Waals surface area contributed by atoms with Crippen LogP contribution in [0.3, 0.4) is 0 Å². The Hall–Kier alpha value is -8.13. The van der Waals surface area contributed by atoms with Gasteiger partial charge in [0.15, 0.2) is 0 Å². The smallest absolute Gasteiger partial charge is 0.410 e. The molecule has 5 aliphatic heterocycles. The van der Waals surface area contributed by atoms with E-state index in [0.717, 1.165) is 34.2 Å². The van der Waals surface area contributed by atoms with E-state index >= 15 is 18.4 Å². The van der Waals surface area contributed by atoms with Crippen molar-refractivity contribution in [3.63, 3.8) is 0 Å². The number of anilines is 3. The van der Waals surface area contributed by atoms with E-state index in [0.29, 0.717) is 62.4 Å². The molecule has 5 N–H and O–H groups in total. The van der Waals surface area contributed by atoms with Crippen LogP contribution >= 0.6 is 0 Å². The molecule has 514 valence electrons. The molecule has 8 amide bonds. The van der Waals surface area contributed by atoms with Crippen molar-refractivity contribution in [3.8, 4) is 0 Å². The summed E-state index contributed by atoms with van der Waals surface area (Å²) in [6.45, 7) is 21.2. The molecule has 25 heteroatoms. The van der Waals surface area contributed by atoms with Crippen LogP contribution in [0.25, 0.3) is 0 Å². The predicted octanol–water partition coefficient (Wildman–Crippen LogP) is 8.21. The number of hydrogen-bond acceptors (Lipinski definition) is 13. The van der Waals surface area contributed by atoms with Crippen LogP contribution in [0.4, 0.5) is 39.8 Å². The van der Waals surface area contributed by atoms with E-state index < -0.39 is 105 Å². The summed E-state index contributed by atoms with van der Waals surface area (Å²) in [5, 5.41) is 21.7. The minimum absolute atomic E-state index is 0.0304. The van der Waals surface area contributed by atoms with Crippen LogP contribution in [0.15, 0.2) is 78.9 Å². The first kappa shape index (κ1) is 71.2. The number of halogens is 3. The topological polar surface area (TPSA) is 252 Å². The molecule has 7 atom stereocenters. The number of benzene rings is 4. The van der Waals surface area contributed by atoms with Gasteiger partial charge in [-0.3, -0.25) is 48.4 Å². The molecule has 9 rings (SSSR count). The maximum Gasteiger partial charge on any atom is 0.410 e. The number of hydrogen-bond donors (Lipinski definition) is 5. The number of nitrogens with zero attached hydrogens (tertiary/aromatic N) is 6. The van der Waals surface area contributed by atoms with E-state index in [1.807, 2.05) is 45.9 Å². The van der Waals surface area contributed by atoms with Gasteiger partial charge in [0.1, 0.15) is 46.9 Å². The average molecular weight is 1320 g/mol. The third kappa shape index (κ3) is 16.1. The first-order valence-electron chi connectivity index (χ1n) is 32.6. The molecular formula is C70H91F3N10O12. The molecule has 22 nitrogen and oxygen atoms in total. The molecule has 3 fully saturated rings. The number of carboxylic acid groups (broad SMARTS) is 1. The fraction of sp³-hybridized carbons (Fsp3) is 0.543. The zero-order valence-corrected chi connectivity index (χ0v) is 56.2. The average Bonchev–Trinajstić information content (AvgIpc) is 1.73. The van der Waals surface area contributed by atoms with E-state index in [4.69, 9.17) is 14.2 Å². The summed E-state index contributed by atoms with van der Waals surface area (Å²) < 4.78 is 61.2. The molecule has 4 aromatic carbocycles. The van der Waals surface area contributed by atoms with Gasteiger partial charge in [-0.05, 0) is 156 Å². The van der Waals surface area contributed by atoms with Crippen LogP contribution in [0.1, 0.15) is 129 Å². The highest BCUT2D eigenvalue weighted by Crippen LogP contribution is 2.45. The molecule has 5 unspecified atom stereocenters. The van der Waals surface area contributed by atoms with Crippen molar-refractivity contribution >= 4 is 64.7 Å². The van der Waals surface area contributed by atoms with Gasteiger partial charge in [-0.25, -0.2) is 22.8 Å². The lowest BCUT2D eigenvalue weighted by Gasteiger charge is -2.57. The van der Waals surface area contributed by atoms with E-state index in [9.17, 15) is 38.3 Å². The van der Waals surface area contributed by atoms with Gasteiger partial charge < -0.3 is 50.4 Å². The highest BCUT2D eigenvalue weighted by atomic mass is 19.1. The van der Waals surface area contributed by atoms with Crippen molar-refractivity contribution in [2.24, 2.45) is 11.3 Å². The molecule has 3 saturated heterocycles. The Kier molecular flexibility index (Phi) is 21.8. The largest absolute Gasteiger partial charge is 0.465 e. The molecule has 95 heavy (non-hydrogen) atoms. The number of morpholine rings is 1. The first-order chi connectivity index (χ1) is 44.8. The van der Waals surface area contributed by atoms with Crippen molar-refractivity contribution in [1.82, 2.24) is 35.1 Å². The van der Waals surface area contributed by atoms with Gasteiger partial charge in [-0.15, -0.1) is 0 Å². The van der Waals surface area contributed by atoms with E-state index in [1.54, 1.807) is 56.9 Å². The lowest BCUT2D eigenvalue weighted by Crippen LogP contribution is -2.72. The van der Waals surface area contributed by atoms with Crippen LogP contribution in [-0.4, -0.2) is 192 Å². The summed E-state index contributed by atoms with van der Waals surface area (Å²) in [6.07, 6.45) is -0.623. The number of nitrogens with one attached hydrogen (secondary N) is 4. The van der Waals surface area contributed by atoms with Gasteiger partial charge in [0, 0.05) is 96.0 Å². The lowest BCUT2D eigenvalue weighted by atomic mass is 9.71. The number of para-hydroxylation sites is 1. The third-order valence-corrected chi connectivity index (χ3v) is 19.6. The van der Waals surface area contributed by atoms with Crippen LogP contribution < -0.4 is 26.2 Å². The number of likely N-dealkylation sites (N-methyl/N-ethyl adjacent to an activating group) is 1. The van der Waals surface area contributed by atoms with Gasteiger partial charge >= 0.3 is 12.2 Å². The fourth-order valence-corrected chi connectivity index (χ4v) is 13.3. The SMILES string of the molecule is CC1COCCN1C[C@H]1CN(C(=O)O)[C@](C)(C(C)(C)C)CN1CC(=O)N1CC(C)(C(=O)NCCCC(=O)Nc2ccc3c(c2)C(C(=O)Nc2c(F)cccc2F)N(C(=O)C(NC(=O)C(C)N(C)C(=O)OC(C)(C)C)C2CCOCC2)C3)c2ccc(Cc3ccc(F)cc3)cc21. The Morgan fingerprint density at radius 3 is 2.17 bits per heavy atom. The molecule has 0 saturated carbocycles. The van der Waals surface area contributed by atoms with Crippen LogP contribution in [0, 0.1) is 28.8 Å². The second-order valence-electron chi connectivity index (χ2n) is 28.3. The number of piperazine rings is 1. The molecule has 0 spiro atoms. The molecule has 0 bridgehead atoms. The van der Waals surface area contributed by atoms with Gasteiger partial charge in [-0.2, -0.15) is 0 Å². The lowest BCUT2D eigenvalue weighted by molar-refractivity contribution is -0.144. The number of fused-ring (bicyclic) bond motifs is 2. The standard InChI is InChI=1S/C70H91F3N10O12/c1-42-39-94-31-28-79(42)36-50-37-83(65(90)91)70(10,67(3,4)5)41-80(50)38-57(85)82-40-69(9,52-24-19-45(33-55(52)82)32-44-17-21-48(71)22-18-44)64(89)74-27-13-16-56(84)75-49-23-20-47-35-81(60(51(47)34-49)62(87)77-59-53(72)14-12-15-54(59)73)63(88)58(46-25-29-93-30-26-46)76-61(86)43(2)78(11)66(92)95-68(6,7)8/h12,14-15,17-24,33-34,42-43,46,50,58,60H,13,16,25-32,35-41H2,1-11H3,(H,74,89)(H,75,84)(H,76,86)(H,77,87)(H,90,91)/t42?,43?,50-,58?,60?,69?,70-/m0/s1. The maximum absolute atomic E-state index is 15.2. The summed E-state index contributed by atoms with van der Waals surface area (Å²) in [5.74, 6) is -6.48. The maximum atomic E-state index is 15.2. The number of carbonyl (C=O) groups is 8. The molecule has 4 aromatic rings. The van der Waals surface area contributed by atoms with Crippen LogP contribution in [0.5, 0.6) is 0 Å². The zero-order chi connectivity index (χ0) is 69.1. The highest BCUT2D eigenvalue weighted by Gasteiger charge is 2.54. The number of amides is 8. The zero-order valence-electron chi connectivity index (χ0n) is 56.2. The second-order valence-corrected chi connectivity index (χ2v) is 28.3. The minimum Gasteiger partial charge on any atom is -0.465 e. The summed E-state index contributed by atoms with van der Waals surface area (Å²) >= 11 is 0. The van der Waals surface area contributed by atoms with E-state index in [1.165, 1.54) is 42.0 Å². The van der Waals surface area contributed by atoms with Crippen molar-refractivity contribution in [2.45, 2.75) is 155 Å². The monoisotopic (exact) mass is 1320 g/mol. The van der Waals surface area contributed by atoms with E-state index in [2.05, 4.69) is 38.0 Å². The Morgan fingerprint density at radius 1 is 0.832 bits per heavy atom. The quantitative estimate of drug-likeness (QED) is 0.0555. The Morgan fingerprint density at radius 2 is 1.52 bits per heavy atom. The minimum atomic E-state index is -1.53. The Bertz CT molecular complexity index is 3520. The normalized spacial score (nSPS) is 22.4. The van der Waals surface area contributed by atoms with Crippen LogP contribution in [0.2, 0.25) is 0 Å². The molecular weight excluding hydrogens is 1230 g/mol. The first-order valence-corrected chi connectivity index (χ1v) is 32.6. The highest BCUT2D eigenvalue weighted by molar-refractivity contribution is 6.04. The van der Waals surface area contributed by atoms with Crippen molar-refractivity contribution in [1.29, 1.82) is 0 Å². The summed E-state index contributed by atoms with van der Waals surface area (Å²) in [4.78, 5) is 123. The van der Waals surface area contributed by atoms with Gasteiger partial charge in [0.2, 0.25) is 29.5 Å². The Labute approximate surface area is 553 Å². The fourth-order valence-electron chi connectivity index (χ4n) is 13.3. The van der Waals surface area contributed by atoms with Gasteiger partial charge in [0.05, 0.1) is 30.7 Å². The van der Waals surface area contributed by atoms with E-state index in [-0.39, 0.29) is 100 Å². The summed E-state index contributed by atoms with van der Waals surface area (Å²) in [6, 6.07) is 15.4. The number of rotatable bonds is 19. The number of carbonyl (C=O) groups excluding carboxylic acids is 7. The number of ether oxygens (including phenoxy) is 3. The predicted molar refractivity (Wildman–Crippen MR) is 350 cm³/mol. The Balaban J connectivity index is 0.910. The molecule has 5 aliphatic rings. The van der Waals surface area contributed by atoms with Crippen LogP contribution in [-0.2, 0) is 61.4 Å². The molecule has 0 aromatic heterocycles. The molecule has 5 heterocycles. The summed E-state index contributed by atoms with van der Waals surface area (Å²) in [5.41, 5.74) is -0.592. The van der Waals surface area contributed by atoms with Crippen molar-refractivity contribution < 1.29 is 70.8 Å². The van der Waals surface area contributed by atoms with Gasteiger partial charge in [0.25, 0.3) is 5.91 Å². The summed E-state index contributed by atoms with van der Waals surface area (Å²) in [7, 11) is 1.39. The van der Waals surface area contributed by atoms with Crippen molar-refractivity contribution in [2.75, 3.05) is 94.8 Å². The molecule has 0 aliphatic carbocycles. The third-order valence-electron chi connectivity index (χ3n) is 19.6. The molecule has 0 radical (unpaired) electrons. The van der Waals surface area contributed by atoms with Crippen molar-refractivity contribution in [3.05, 3.63) is 124 Å².